The van der Waals surface area contributed by atoms with Crippen LogP contribution in [0.3, 0.4) is 0 Å². The van der Waals surface area contributed by atoms with E-state index < -0.39 is 11.5 Å². The third-order valence-corrected chi connectivity index (χ3v) is 5.72. The van der Waals surface area contributed by atoms with Crippen LogP contribution in [0.25, 0.3) is 0 Å². The molecule has 2 amide bonds. The zero-order valence-corrected chi connectivity index (χ0v) is 18.0. The highest BCUT2D eigenvalue weighted by atomic mass is 16.2. The smallest absolute Gasteiger partial charge is 0.269 e. The number of nitriles is 1. The van der Waals surface area contributed by atoms with E-state index in [0.29, 0.717) is 22.5 Å². The molecule has 0 unspecified atom stereocenters. The molecular weight excluding hydrogens is 392 g/mol. The van der Waals surface area contributed by atoms with Crippen molar-refractivity contribution >= 4 is 17.5 Å². The number of benzene rings is 1. The van der Waals surface area contributed by atoms with Gasteiger partial charge < -0.3 is 15.2 Å². The Hall–Kier alpha value is -3.40. The van der Waals surface area contributed by atoms with E-state index in [0.717, 1.165) is 25.7 Å². The number of nitrogens with zero attached hydrogens (tertiary/aromatic N) is 2. The molecule has 1 aliphatic carbocycles. The van der Waals surface area contributed by atoms with E-state index in [1.807, 2.05) is 6.07 Å². The lowest BCUT2D eigenvalue weighted by Gasteiger charge is -2.16. The van der Waals surface area contributed by atoms with Crippen molar-refractivity contribution in [2.45, 2.75) is 65.0 Å². The summed E-state index contributed by atoms with van der Waals surface area (Å²) in [6.07, 6.45) is 6.69. The fourth-order valence-electron chi connectivity index (χ4n) is 4.03. The highest BCUT2D eigenvalue weighted by Crippen LogP contribution is 2.18. The van der Waals surface area contributed by atoms with Gasteiger partial charge in [0.15, 0.2) is 0 Å². The first-order chi connectivity index (χ1) is 14.9. The summed E-state index contributed by atoms with van der Waals surface area (Å²) in [6, 6.07) is 10.6. The maximum Gasteiger partial charge on any atom is 0.269 e. The largest absolute Gasteiger partial charge is 0.349 e. The molecule has 1 fully saturated rings. The number of pyridine rings is 1. The molecule has 3 rings (SSSR count). The molecule has 31 heavy (non-hydrogen) atoms. The Morgan fingerprint density at radius 3 is 2.52 bits per heavy atom. The van der Waals surface area contributed by atoms with Crippen LogP contribution in [0.15, 0.2) is 35.1 Å². The molecule has 1 aliphatic rings. The zero-order chi connectivity index (χ0) is 22.4. The standard InChI is InChI=1S/C24H28N4O3/c1-16-12-17(2)28(24(31)21(16)14-25)15-22(29)26-20-11-7-8-18(13-20)23(30)27-19-9-5-3-4-6-10-19/h7-8,11-13,19H,3-6,9-10,15H2,1-2H3,(H,26,29)(H,27,30). The van der Waals surface area contributed by atoms with Crippen molar-refractivity contribution in [3.05, 3.63) is 63.1 Å². The predicted molar refractivity (Wildman–Crippen MR) is 119 cm³/mol. The zero-order valence-electron chi connectivity index (χ0n) is 18.0. The number of carbonyl (C=O) groups is 2. The number of hydrogen-bond donors (Lipinski definition) is 2. The Balaban J connectivity index is 1.68. The van der Waals surface area contributed by atoms with Crippen LogP contribution < -0.4 is 16.2 Å². The summed E-state index contributed by atoms with van der Waals surface area (Å²) in [4.78, 5) is 37.7. The van der Waals surface area contributed by atoms with Gasteiger partial charge >= 0.3 is 0 Å². The fourth-order valence-corrected chi connectivity index (χ4v) is 4.03. The second kappa shape index (κ2) is 10.1. The van der Waals surface area contributed by atoms with Gasteiger partial charge in [0.25, 0.3) is 11.5 Å². The summed E-state index contributed by atoms with van der Waals surface area (Å²) in [5, 5.41) is 15.0. The van der Waals surface area contributed by atoms with Gasteiger partial charge in [0.05, 0.1) is 0 Å². The molecule has 162 valence electrons. The molecule has 0 atom stereocenters. The summed E-state index contributed by atoms with van der Waals surface area (Å²) in [6.45, 7) is 3.21. The Bertz CT molecular complexity index is 1070. The summed E-state index contributed by atoms with van der Waals surface area (Å²) in [7, 11) is 0. The van der Waals surface area contributed by atoms with Crippen molar-refractivity contribution in [1.29, 1.82) is 5.26 Å². The average molecular weight is 421 g/mol. The van der Waals surface area contributed by atoms with Crippen LogP contribution in [0.1, 0.15) is 65.7 Å². The lowest BCUT2D eigenvalue weighted by molar-refractivity contribution is -0.116. The summed E-state index contributed by atoms with van der Waals surface area (Å²) in [5.74, 6) is -0.550. The second-order valence-corrected chi connectivity index (χ2v) is 8.14. The molecule has 1 saturated carbocycles. The molecule has 1 heterocycles. The van der Waals surface area contributed by atoms with Gasteiger partial charge in [-0.1, -0.05) is 31.7 Å². The van der Waals surface area contributed by atoms with Crippen molar-refractivity contribution in [1.82, 2.24) is 9.88 Å². The Morgan fingerprint density at radius 2 is 1.84 bits per heavy atom. The first-order valence-corrected chi connectivity index (χ1v) is 10.7. The van der Waals surface area contributed by atoms with Crippen molar-refractivity contribution in [3.8, 4) is 6.07 Å². The SMILES string of the molecule is Cc1cc(C)n(CC(=O)Nc2cccc(C(=O)NC3CCCCCC3)c2)c(=O)c1C#N. The van der Waals surface area contributed by atoms with Crippen LogP contribution in [0.5, 0.6) is 0 Å². The number of carbonyl (C=O) groups excluding carboxylic acids is 2. The number of hydrogen-bond acceptors (Lipinski definition) is 4. The van der Waals surface area contributed by atoms with Crippen LogP contribution in [0.4, 0.5) is 5.69 Å². The molecule has 1 aromatic carbocycles. The quantitative estimate of drug-likeness (QED) is 0.723. The lowest BCUT2D eigenvalue weighted by atomic mass is 10.1. The van der Waals surface area contributed by atoms with Gasteiger partial charge in [-0.2, -0.15) is 5.26 Å². The van der Waals surface area contributed by atoms with Crippen molar-refractivity contribution in [3.63, 3.8) is 0 Å². The summed E-state index contributed by atoms with van der Waals surface area (Å²) < 4.78 is 1.28. The van der Waals surface area contributed by atoms with E-state index in [4.69, 9.17) is 0 Å². The van der Waals surface area contributed by atoms with Crippen molar-refractivity contribution in [2.75, 3.05) is 5.32 Å². The molecule has 0 radical (unpaired) electrons. The number of aryl methyl sites for hydroxylation is 2. The van der Waals surface area contributed by atoms with E-state index in [1.54, 1.807) is 44.2 Å². The van der Waals surface area contributed by atoms with Crippen molar-refractivity contribution < 1.29 is 9.59 Å². The number of amides is 2. The molecular formula is C24H28N4O3. The topological polar surface area (TPSA) is 104 Å². The summed E-state index contributed by atoms with van der Waals surface area (Å²) in [5.41, 5.74) is 1.72. The van der Waals surface area contributed by atoms with E-state index in [9.17, 15) is 19.6 Å². The van der Waals surface area contributed by atoms with E-state index in [1.165, 1.54) is 17.4 Å². The molecule has 7 nitrogen and oxygen atoms in total. The van der Waals surface area contributed by atoms with E-state index in [2.05, 4.69) is 10.6 Å². The third kappa shape index (κ3) is 5.60. The minimum atomic E-state index is -0.480. The number of rotatable bonds is 5. The minimum absolute atomic E-state index is 0.0376. The fraction of sp³-hybridized carbons (Fsp3) is 0.417. The number of nitrogens with one attached hydrogen (secondary N) is 2. The van der Waals surface area contributed by atoms with Gasteiger partial charge in [-0.3, -0.25) is 14.4 Å². The molecule has 7 heteroatoms. The third-order valence-electron chi connectivity index (χ3n) is 5.72. The number of aromatic nitrogens is 1. The Labute approximate surface area is 182 Å². The van der Waals surface area contributed by atoms with Gasteiger partial charge in [-0.25, -0.2) is 0 Å². The summed E-state index contributed by atoms with van der Waals surface area (Å²) >= 11 is 0. The predicted octanol–water partition coefficient (Wildman–Crippen LogP) is 3.43. The molecule has 1 aromatic heterocycles. The molecule has 2 aromatic rings. The van der Waals surface area contributed by atoms with Gasteiger partial charge in [0.1, 0.15) is 18.2 Å². The van der Waals surface area contributed by atoms with Gasteiger partial charge in [0.2, 0.25) is 5.91 Å². The number of anilines is 1. The molecule has 2 N–H and O–H groups in total. The Morgan fingerprint density at radius 1 is 1.13 bits per heavy atom. The Kier molecular flexibility index (Phi) is 7.24. The van der Waals surface area contributed by atoms with Crippen molar-refractivity contribution in [2.24, 2.45) is 0 Å². The van der Waals surface area contributed by atoms with Gasteiger partial charge in [0, 0.05) is 23.0 Å². The molecule has 0 bridgehead atoms. The normalized spacial score (nSPS) is 14.4. The maximum absolute atomic E-state index is 12.6. The maximum atomic E-state index is 12.6. The van der Waals surface area contributed by atoms with E-state index >= 15 is 0 Å². The van der Waals surface area contributed by atoms with Gasteiger partial charge in [-0.05, 0) is 56.5 Å². The highest BCUT2D eigenvalue weighted by Gasteiger charge is 2.17. The molecule has 0 saturated heterocycles. The molecule has 0 aliphatic heterocycles. The minimum Gasteiger partial charge on any atom is -0.349 e. The van der Waals surface area contributed by atoms with Gasteiger partial charge in [-0.15, -0.1) is 0 Å². The van der Waals surface area contributed by atoms with Crippen LogP contribution in [-0.2, 0) is 11.3 Å². The second-order valence-electron chi connectivity index (χ2n) is 8.14. The first-order valence-electron chi connectivity index (χ1n) is 10.7. The lowest BCUT2D eigenvalue weighted by Crippen LogP contribution is -2.34. The first kappa shape index (κ1) is 22.3. The van der Waals surface area contributed by atoms with Crippen LogP contribution in [0, 0.1) is 25.2 Å². The molecule has 0 spiro atoms. The van der Waals surface area contributed by atoms with Crippen LogP contribution in [-0.4, -0.2) is 22.4 Å². The van der Waals surface area contributed by atoms with Crippen LogP contribution >= 0.6 is 0 Å². The average Bonchev–Trinajstić information content (AvgIpc) is 3.00. The van der Waals surface area contributed by atoms with E-state index in [-0.39, 0.29) is 24.1 Å². The highest BCUT2D eigenvalue weighted by molar-refractivity contribution is 5.97. The van der Waals surface area contributed by atoms with Crippen LogP contribution in [0.2, 0.25) is 0 Å². The monoisotopic (exact) mass is 420 g/mol.